The first kappa shape index (κ1) is 17.9. The van der Waals surface area contributed by atoms with Crippen molar-refractivity contribution < 1.29 is 24.2 Å². The zero-order valence-electron chi connectivity index (χ0n) is 13.7. The number of carboxylic acids is 1. The van der Waals surface area contributed by atoms with Gasteiger partial charge in [0.05, 0.1) is 11.3 Å². The second-order valence-electron chi connectivity index (χ2n) is 5.73. The summed E-state index contributed by atoms with van der Waals surface area (Å²) in [7, 11) is 0. The molecule has 134 valence electrons. The van der Waals surface area contributed by atoms with Crippen molar-refractivity contribution in [2.75, 3.05) is 16.8 Å². The number of ether oxygens (including phenoxy) is 1. The molecule has 3 rings (SSSR count). The maximum absolute atomic E-state index is 12.4. The van der Waals surface area contributed by atoms with Crippen LogP contribution in [0.4, 0.5) is 11.4 Å². The zero-order valence-corrected chi connectivity index (χ0v) is 15.3. The third-order valence-electron chi connectivity index (χ3n) is 3.84. The highest BCUT2D eigenvalue weighted by atomic mass is 79.9. The average Bonchev–Trinajstić information content (AvgIpc) is 2.60. The predicted molar refractivity (Wildman–Crippen MR) is 98.6 cm³/mol. The number of fused-ring (bicyclic) bond motifs is 1. The third kappa shape index (κ3) is 3.70. The molecule has 2 N–H and O–H groups in total. The van der Waals surface area contributed by atoms with Gasteiger partial charge in [0.25, 0.3) is 5.91 Å². The number of hydrogen-bond donors (Lipinski definition) is 2. The van der Waals surface area contributed by atoms with E-state index in [1.807, 2.05) is 0 Å². The van der Waals surface area contributed by atoms with E-state index in [2.05, 4.69) is 21.2 Å². The van der Waals surface area contributed by atoms with E-state index in [1.54, 1.807) is 31.2 Å². The summed E-state index contributed by atoms with van der Waals surface area (Å²) >= 11 is 3.32. The van der Waals surface area contributed by atoms with Crippen molar-refractivity contribution in [2.24, 2.45) is 0 Å². The molecule has 0 spiro atoms. The van der Waals surface area contributed by atoms with E-state index >= 15 is 0 Å². The minimum atomic E-state index is -1.10. The fourth-order valence-corrected chi connectivity index (χ4v) is 2.85. The van der Waals surface area contributed by atoms with Crippen molar-refractivity contribution in [1.82, 2.24) is 0 Å². The first-order valence-electron chi connectivity index (χ1n) is 7.76. The Morgan fingerprint density at radius 2 is 1.92 bits per heavy atom. The molecule has 0 aliphatic carbocycles. The summed E-state index contributed by atoms with van der Waals surface area (Å²) in [5.41, 5.74) is 1.02. The Morgan fingerprint density at radius 3 is 2.58 bits per heavy atom. The molecule has 2 aromatic carbocycles. The zero-order chi connectivity index (χ0) is 18.8. The molecule has 1 atom stereocenters. The number of amides is 2. The van der Waals surface area contributed by atoms with Crippen LogP contribution in [0, 0.1) is 0 Å². The fourth-order valence-electron chi connectivity index (χ4n) is 2.58. The van der Waals surface area contributed by atoms with Crippen molar-refractivity contribution >= 4 is 45.1 Å². The van der Waals surface area contributed by atoms with Crippen LogP contribution in [0.25, 0.3) is 0 Å². The van der Waals surface area contributed by atoms with E-state index in [9.17, 15) is 14.4 Å². The van der Waals surface area contributed by atoms with Crippen molar-refractivity contribution in [3.63, 3.8) is 0 Å². The maximum atomic E-state index is 12.4. The fraction of sp³-hybridized carbons (Fsp3) is 0.167. The summed E-state index contributed by atoms with van der Waals surface area (Å²) in [4.78, 5) is 37.2. The number of halogens is 1. The number of rotatable bonds is 4. The standard InChI is InChI=1S/C18H15BrN2O5/c1-10-17(23)21(9-16(22)20-13-5-3-12(19)4-6-13)14-7-2-11(18(24)25)8-15(14)26-10/h2-8,10H,9H2,1H3,(H,20,22)(H,24,25). The van der Waals surface area contributed by atoms with Gasteiger partial charge in [0.15, 0.2) is 6.10 Å². The minimum Gasteiger partial charge on any atom is -0.479 e. The smallest absolute Gasteiger partial charge is 0.335 e. The van der Waals surface area contributed by atoms with Crippen LogP contribution < -0.4 is 15.0 Å². The molecule has 2 amide bonds. The Balaban J connectivity index is 1.82. The van der Waals surface area contributed by atoms with Crippen LogP contribution in [0.15, 0.2) is 46.9 Å². The quantitative estimate of drug-likeness (QED) is 0.795. The minimum absolute atomic E-state index is 0.0459. The topological polar surface area (TPSA) is 95.9 Å². The first-order valence-corrected chi connectivity index (χ1v) is 8.55. The van der Waals surface area contributed by atoms with Crippen LogP contribution in [0.1, 0.15) is 17.3 Å². The number of aromatic carboxylic acids is 1. The van der Waals surface area contributed by atoms with Crippen molar-refractivity contribution in [1.29, 1.82) is 0 Å². The van der Waals surface area contributed by atoms with E-state index in [0.717, 1.165) is 4.47 Å². The monoisotopic (exact) mass is 418 g/mol. The van der Waals surface area contributed by atoms with Gasteiger partial charge in [0.2, 0.25) is 5.91 Å². The van der Waals surface area contributed by atoms with Gasteiger partial charge in [-0.3, -0.25) is 14.5 Å². The molecule has 7 nitrogen and oxygen atoms in total. The lowest BCUT2D eigenvalue weighted by Gasteiger charge is -2.32. The number of nitrogens with one attached hydrogen (secondary N) is 1. The van der Waals surface area contributed by atoms with Crippen LogP contribution in [-0.2, 0) is 9.59 Å². The summed E-state index contributed by atoms with van der Waals surface area (Å²) < 4.78 is 6.37. The molecule has 2 aromatic rings. The number of hydrogen-bond acceptors (Lipinski definition) is 4. The third-order valence-corrected chi connectivity index (χ3v) is 4.37. The molecular formula is C18H15BrN2O5. The molecule has 1 aliphatic rings. The molecule has 8 heteroatoms. The van der Waals surface area contributed by atoms with Gasteiger partial charge in [-0.1, -0.05) is 15.9 Å². The SMILES string of the molecule is CC1Oc2cc(C(=O)O)ccc2N(CC(=O)Nc2ccc(Br)cc2)C1=O. The van der Waals surface area contributed by atoms with Gasteiger partial charge >= 0.3 is 5.97 Å². The van der Waals surface area contributed by atoms with E-state index in [4.69, 9.17) is 9.84 Å². The van der Waals surface area contributed by atoms with Gasteiger partial charge in [-0.05, 0) is 49.4 Å². The number of anilines is 2. The van der Waals surface area contributed by atoms with E-state index in [0.29, 0.717) is 11.4 Å². The van der Waals surface area contributed by atoms with Crippen LogP contribution in [-0.4, -0.2) is 35.5 Å². The molecule has 1 heterocycles. The normalized spacial score (nSPS) is 15.8. The highest BCUT2D eigenvalue weighted by Gasteiger charge is 2.33. The average molecular weight is 419 g/mol. The van der Waals surface area contributed by atoms with Gasteiger partial charge in [-0.2, -0.15) is 0 Å². The van der Waals surface area contributed by atoms with Crippen LogP contribution in [0.3, 0.4) is 0 Å². The number of carbonyl (C=O) groups excluding carboxylic acids is 2. The lowest BCUT2D eigenvalue weighted by molar-refractivity contribution is -0.127. The van der Waals surface area contributed by atoms with Crippen LogP contribution >= 0.6 is 15.9 Å². The van der Waals surface area contributed by atoms with Gasteiger partial charge in [0.1, 0.15) is 12.3 Å². The molecule has 0 bridgehead atoms. The molecule has 0 fully saturated rings. The van der Waals surface area contributed by atoms with Gasteiger partial charge < -0.3 is 15.2 Å². The molecule has 1 unspecified atom stereocenters. The Bertz CT molecular complexity index is 882. The molecule has 26 heavy (non-hydrogen) atoms. The predicted octanol–water partition coefficient (Wildman–Crippen LogP) is 2.90. The second kappa shape index (κ2) is 7.17. The van der Waals surface area contributed by atoms with Gasteiger partial charge in [-0.15, -0.1) is 0 Å². The number of carbonyl (C=O) groups is 3. The van der Waals surface area contributed by atoms with Crippen molar-refractivity contribution in [3.8, 4) is 5.75 Å². The highest BCUT2D eigenvalue weighted by molar-refractivity contribution is 9.10. The Morgan fingerprint density at radius 1 is 1.23 bits per heavy atom. The maximum Gasteiger partial charge on any atom is 0.335 e. The second-order valence-corrected chi connectivity index (χ2v) is 6.64. The largest absolute Gasteiger partial charge is 0.479 e. The Labute approximate surface area is 157 Å². The van der Waals surface area contributed by atoms with E-state index < -0.39 is 12.1 Å². The Hall–Kier alpha value is -2.87. The lowest BCUT2D eigenvalue weighted by Crippen LogP contribution is -2.47. The number of carboxylic acid groups (broad SMARTS) is 1. The first-order chi connectivity index (χ1) is 12.3. The summed E-state index contributed by atoms with van der Waals surface area (Å²) in [6.45, 7) is 1.35. The molecule has 0 saturated carbocycles. The molecule has 0 radical (unpaired) electrons. The van der Waals surface area contributed by atoms with Crippen LogP contribution in [0.5, 0.6) is 5.75 Å². The van der Waals surface area contributed by atoms with E-state index in [-0.39, 0.29) is 29.7 Å². The van der Waals surface area contributed by atoms with Gasteiger partial charge in [-0.25, -0.2) is 4.79 Å². The van der Waals surface area contributed by atoms with E-state index in [1.165, 1.54) is 23.1 Å². The highest BCUT2D eigenvalue weighted by Crippen LogP contribution is 2.34. The number of nitrogens with zero attached hydrogens (tertiary/aromatic N) is 1. The van der Waals surface area contributed by atoms with Crippen molar-refractivity contribution in [2.45, 2.75) is 13.0 Å². The molecular weight excluding hydrogens is 404 g/mol. The van der Waals surface area contributed by atoms with Gasteiger partial charge in [0, 0.05) is 10.2 Å². The Kier molecular flexibility index (Phi) is 4.94. The number of benzene rings is 2. The molecule has 0 saturated heterocycles. The molecule has 0 aromatic heterocycles. The summed E-state index contributed by atoms with van der Waals surface area (Å²) in [5.74, 6) is -1.58. The van der Waals surface area contributed by atoms with Crippen molar-refractivity contribution in [3.05, 3.63) is 52.5 Å². The molecule has 1 aliphatic heterocycles. The summed E-state index contributed by atoms with van der Waals surface area (Å²) in [6.07, 6.45) is -0.813. The van der Waals surface area contributed by atoms with Crippen LogP contribution in [0.2, 0.25) is 0 Å². The summed E-state index contributed by atoms with van der Waals surface area (Å²) in [6, 6.07) is 11.2. The lowest BCUT2D eigenvalue weighted by atomic mass is 10.1. The summed E-state index contributed by atoms with van der Waals surface area (Å²) in [5, 5.41) is 11.8.